The molecule has 0 saturated carbocycles. The van der Waals surface area contributed by atoms with Crippen molar-refractivity contribution in [2.24, 2.45) is 0 Å². The molecule has 0 radical (unpaired) electrons. The van der Waals surface area contributed by atoms with Crippen LogP contribution in [0.3, 0.4) is 0 Å². The van der Waals surface area contributed by atoms with Crippen LogP contribution < -0.4 is 18.9 Å². The maximum absolute atomic E-state index is 5.31. The van der Waals surface area contributed by atoms with Gasteiger partial charge < -0.3 is 18.9 Å². The molecule has 150 valence electrons. The molecular weight excluding hydrogens is 376 g/mol. The van der Waals surface area contributed by atoms with Gasteiger partial charge in [0.2, 0.25) is 0 Å². The molecule has 0 fully saturated rings. The summed E-state index contributed by atoms with van der Waals surface area (Å²) >= 11 is 0. The normalized spacial score (nSPS) is 9.47. The van der Waals surface area contributed by atoms with Crippen LogP contribution in [0.4, 0.5) is 0 Å². The summed E-state index contributed by atoms with van der Waals surface area (Å²) in [5.41, 5.74) is 3.27. The van der Waals surface area contributed by atoms with Crippen LogP contribution in [0.2, 0.25) is 0 Å². The zero-order valence-electron chi connectivity index (χ0n) is 17.4. The molecule has 0 spiro atoms. The number of hydrogen-bond donors (Lipinski definition) is 0. The second kappa shape index (κ2) is 9.96. The van der Waals surface area contributed by atoms with Gasteiger partial charge in [-0.1, -0.05) is 35.8 Å². The molecular formula is C26H22O4. The fourth-order valence-electron chi connectivity index (χ4n) is 2.74. The minimum Gasteiger partial charge on any atom is -0.497 e. The highest BCUT2D eigenvalue weighted by atomic mass is 16.5. The van der Waals surface area contributed by atoms with Crippen molar-refractivity contribution in [3.05, 3.63) is 82.9 Å². The summed E-state index contributed by atoms with van der Waals surface area (Å²) in [6.45, 7) is 0. The first-order valence-electron chi connectivity index (χ1n) is 9.24. The molecule has 30 heavy (non-hydrogen) atoms. The van der Waals surface area contributed by atoms with Gasteiger partial charge in [-0.3, -0.25) is 0 Å². The molecule has 0 aromatic heterocycles. The van der Waals surface area contributed by atoms with E-state index in [9.17, 15) is 0 Å². The minimum atomic E-state index is 0.693. The maximum atomic E-state index is 5.31. The molecule has 3 aromatic rings. The molecule has 0 bridgehead atoms. The van der Waals surface area contributed by atoms with E-state index in [4.69, 9.17) is 18.9 Å². The van der Waals surface area contributed by atoms with Gasteiger partial charge in [-0.25, -0.2) is 0 Å². The Hall–Kier alpha value is -4.02. The SMILES string of the molecule is COc1cc(C#Cc2ccccc2C#Cc2cc(OC)cc(OC)c2)cc(OC)c1. The highest BCUT2D eigenvalue weighted by Gasteiger charge is 2.02. The van der Waals surface area contributed by atoms with E-state index in [1.807, 2.05) is 60.7 Å². The van der Waals surface area contributed by atoms with Crippen molar-refractivity contribution in [1.29, 1.82) is 0 Å². The summed E-state index contributed by atoms with van der Waals surface area (Å²) in [5, 5.41) is 0. The monoisotopic (exact) mass is 398 g/mol. The number of ether oxygens (including phenoxy) is 4. The predicted molar refractivity (Wildman–Crippen MR) is 117 cm³/mol. The van der Waals surface area contributed by atoms with Crippen molar-refractivity contribution in [3.63, 3.8) is 0 Å². The predicted octanol–water partition coefficient (Wildman–Crippen LogP) is 4.52. The third-order valence-electron chi connectivity index (χ3n) is 4.31. The fraction of sp³-hybridized carbons (Fsp3) is 0.154. The largest absolute Gasteiger partial charge is 0.497 e. The lowest BCUT2D eigenvalue weighted by atomic mass is 10.1. The number of methoxy groups -OCH3 is 4. The van der Waals surface area contributed by atoms with Crippen LogP contribution in [-0.2, 0) is 0 Å². The molecule has 3 aromatic carbocycles. The van der Waals surface area contributed by atoms with E-state index in [0.29, 0.717) is 23.0 Å². The van der Waals surface area contributed by atoms with Crippen LogP contribution in [0.5, 0.6) is 23.0 Å². The smallest absolute Gasteiger partial charge is 0.123 e. The lowest BCUT2D eigenvalue weighted by Crippen LogP contribution is -1.89. The highest BCUT2D eigenvalue weighted by Crippen LogP contribution is 2.23. The van der Waals surface area contributed by atoms with Crippen LogP contribution >= 0.6 is 0 Å². The van der Waals surface area contributed by atoms with E-state index in [1.54, 1.807) is 28.4 Å². The summed E-state index contributed by atoms with van der Waals surface area (Å²) < 4.78 is 21.2. The number of hydrogen-bond acceptors (Lipinski definition) is 4. The topological polar surface area (TPSA) is 36.9 Å². The third kappa shape index (κ3) is 5.28. The Bertz CT molecular complexity index is 1020. The van der Waals surface area contributed by atoms with Gasteiger partial charge in [-0.15, -0.1) is 0 Å². The van der Waals surface area contributed by atoms with E-state index in [-0.39, 0.29) is 0 Å². The van der Waals surface area contributed by atoms with Crippen LogP contribution in [0.25, 0.3) is 0 Å². The Morgan fingerprint density at radius 3 is 1.10 bits per heavy atom. The Balaban J connectivity index is 1.95. The van der Waals surface area contributed by atoms with Gasteiger partial charge in [0, 0.05) is 34.4 Å². The molecule has 4 nitrogen and oxygen atoms in total. The van der Waals surface area contributed by atoms with E-state index < -0.39 is 0 Å². The van der Waals surface area contributed by atoms with Crippen molar-refractivity contribution >= 4 is 0 Å². The minimum absolute atomic E-state index is 0.693. The molecule has 3 rings (SSSR count). The van der Waals surface area contributed by atoms with Gasteiger partial charge in [0.1, 0.15) is 23.0 Å². The summed E-state index contributed by atoms with van der Waals surface area (Å²) in [7, 11) is 6.46. The lowest BCUT2D eigenvalue weighted by Gasteiger charge is -2.05. The summed E-state index contributed by atoms with van der Waals surface area (Å²) in [4.78, 5) is 0. The van der Waals surface area contributed by atoms with Crippen molar-refractivity contribution in [3.8, 4) is 46.7 Å². The van der Waals surface area contributed by atoms with E-state index in [1.165, 1.54) is 0 Å². The molecule has 0 atom stereocenters. The zero-order valence-corrected chi connectivity index (χ0v) is 17.4. The summed E-state index contributed by atoms with van der Waals surface area (Å²) in [5.74, 6) is 15.5. The van der Waals surface area contributed by atoms with E-state index in [2.05, 4.69) is 23.7 Å². The van der Waals surface area contributed by atoms with Crippen molar-refractivity contribution < 1.29 is 18.9 Å². The molecule has 0 unspecified atom stereocenters. The van der Waals surface area contributed by atoms with Gasteiger partial charge >= 0.3 is 0 Å². The average Bonchev–Trinajstić information content (AvgIpc) is 2.81. The fourth-order valence-corrected chi connectivity index (χ4v) is 2.74. The molecule has 0 aliphatic heterocycles. The number of rotatable bonds is 4. The number of benzene rings is 3. The van der Waals surface area contributed by atoms with Crippen LogP contribution in [0.15, 0.2) is 60.7 Å². The van der Waals surface area contributed by atoms with Gasteiger partial charge in [-0.2, -0.15) is 0 Å². The van der Waals surface area contributed by atoms with Crippen LogP contribution in [0.1, 0.15) is 22.3 Å². The molecule has 4 heteroatoms. The van der Waals surface area contributed by atoms with Crippen molar-refractivity contribution in [2.45, 2.75) is 0 Å². The lowest BCUT2D eigenvalue weighted by molar-refractivity contribution is 0.394. The average molecular weight is 398 g/mol. The molecule has 0 heterocycles. The summed E-state index contributed by atoms with van der Waals surface area (Å²) in [6, 6.07) is 18.9. The highest BCUT2D eigenvalue weighted by molar-refractivity contribution is 5.56. The van der Waals surface area contributed by atoms with Crippen LogP contribution in [0, 0.1) is 23.7 Å². The second-order valence-corrected chi connectivity index (χ2v) is 6.25. The third-order valence-corrected chi connectivity index (χ3v) is 4.31. The molecule has 0 aliphatic carbocycles. The van der Waals surface area contributed by atoms with Gasteiger partial charge in [0.15, 0.2) is 0 Å². The van der Waals surface area contributed by atoms with Crippen LogP contribution in [-0.4, -0.2) is 28.4 Å². The molecule has 0 amide bonds. The molecule has 0 aliphatic rings. The first-order valence-corrected chi connectivity index (χ1v) is 9.24. The Kier molecular flexibility index (Phi) is 6.87. The first-order chi connectivity index (χ1) is 14.6. The van der Waals surface area contributed by atoms with Gasteiger partial charge in [0.05, 0.1) is 28.4 Å². The van der Waals surface area contributed by atoms with E-state index >= 15 is 0 Å². The standard InChI is InChI=1S/C26H22O4/c1-27-23-13-19(14-24(17-23)28-2)9-11-21-7-5-6-8-22(21)12-10-20-15-25(29-3)18-26(16-20)30-4/h5-8,13-18H,1-4H3. The Labute approximate surface area is 177 Å². The van der Waals surface area contributed by atoms with Crippen molar-refractivity contribution in [1.82, 2.24) is 0 Å². The quantitative estimate of drug-likeness (QED) is 0.606. The molecule has 0 saturated heterocycles. The molecule has 0 N–H and O–H groups in total. The summed E-state index contributed by atoms with van der Waals surface area (Å²) in [6.07, 6.45) is 0. The Morgan fingerprint density at radius 2 is 0.800 bits per heavy atom. The second-order valence-electron chi connectivity index (χ2n) is 6.25. The maximum Gasteiger partial charge on any atom is 0.123 e. The first kappa shape index (κ1) is 20.7. The van der Waals surface area contributed by atoms with Gasteiger partial charge in [0.25, 0.3) is 0 Å². The van der Waals surface area contributed by atoms with Gasteiger partial charge in [-0.05, 0) is 36.4 Å². The van der Waals surface area contributed by atoms with Crippen molar-refractivity contribution in [2.75, 3.05) is 28.4 Å². The van der Waals surface area contributed by atoms with E-state index in [0.717, 1.165) is 22.3 Å². The zero-order chi connectivity index (χ0) is 21.3. The Morgan fingerprint density at radius 1 is 0.467 bits per heavy atom.